The van der Waals surface area contributed by atoms with Crippen molar-refractivity contribution in [2.45, 2.75) is 65.2 Å². The minimum atomic E-state index is -1.31. The average Bonchev–Trinajstić information content (AvgIpc) is 3.60. The first-order valence-corrected chi connectivity index (χ1v) is 15.4. The normalized spacial score (nSPS) is 16.0. The number of imide groups is 1. The first-order chi connectivity index (χ1) is 21.8. The van der Waals surface area contributed by atoms with Crippen molar-refractivity contribution < 1.29 is 33.3 Å². The highest BCUT2D eigenvalue weighted by atomic mass is 16.6. The Bertz CT molecular complexity index is 1580. The Labute approximate surface area is 263 Å². The maximum Gasteiger partial charge on any atom is 0.417 e. The molecular weight excluding hydrogens is 572 g/mol. The van der Waals surface area contributed by atoms with Crippen molar-refractivity contribution in [2.75, 3.05) is 19.8 Å². The van der Waals surface area contributed by atoms with Crippen LogP contribution in [0.4, 0.5) is 4.79 Å². The molecule has 1 N–H and O–H groups in total. The quantitative estimate of drug-likeness (QED) is 0.187. The van der Waals surface area contributed by atoms with Gasteiger partial charge in [-0.3, -0.25) is 4.79 Å². The lowest BCUT2D eigenvalue weighted by molar-refractivity contribution is -0.150. The smallest absolute Gasteiger partial charge is 0.417 e. The first kappa shape index (κ1) is 31.9. The van der Waals surface area contributed by atoms with E-state index in [1.807, 2.05) is 88.4 Å². The second-order valence-corrected chi connectivity index (χ2v) is 11.3. The van der Waals surface area contributed by atoms with Crippen LogP contribution < -0.4 is 4.74 Å². The summed E-state index contributed by atoms with van der Waals surface area (Å²) in [7, 11) is 0. The van der Waals surface area contributed by atoms with Gasteiger partial charge in [0.05, 0.1) is 18.3 Å². The summed E-state index contributed by atoms with van der Waals surface area (Å²) >= 11 is 0. The number of ether oxygens (including phenoxy) is 3. The van der Waals surface area contributed by atoms with E-state index >= 15 is 0 Å². The fraction of sp³-hybridized carbons (Fsp3) is 0.361. The molecule has 0 saturated carbocycles. The molecule has 1 aliphatic rings. The van der Waals surface area contributed by atoms with Crippen LogP contribution in [-0.2, 0) is 27.1 Å². The van der Waals surface area contributed by atoms with Crippen LogP contribution in [0.1, 0.15) is 53.2 Å². The van der Waals surface area contributed by atoms with Gasteiger partial charge in [0.25, 0.3) is 5.91 Å². The summed E-state index contributed by atoms with van der Waals surface area (Å²) < 4.78 is 23.2. The van der Waals surface area contributed by atoms with Crippen LogP contribution in [0.3, 0.4) is 0 Å². The number of amides is 2. The summed E-state index contributed by atoms with van der Waals surface area (Å²) in [6, 6.07) is 22.5. The number of hydrogen-bond acceptors (Lipinski definition) is 8. The topological polar surface area (TPSA) is 111 Å². The number of hydrogen-bond donors (Lipinski definition) is 1. The highest BCUT2D eigenvalue weighted by Gasteiger charge is 2.43. The molecule has 3 aromatic carbocycles. The van der Waals surface area contributed by atoms with Crippen LogP contribution in [0.2, 0.25) is 0 Å². The van der Waals surface area contributed by atoms with Gasteiger partial charge in [0.15, 0.2) is 6.10 Å². The second kappa shape index (κ2) is 14.5. The highest BCUT2D eigenvalue weighted by molar-refractivity contribution is 5.96. The van der Waals surface area contributed by atoms with Gasteiger partial charge in [0, 0.05) is 18.6 Å². The number of oxazole rings is 1. The van der Waals surface area contributed by atoms with E-state index < -0.39 is 30.3 Å². The summed E-state index contributed by atoms with van der Waals surface area (Å²) in [5.74, 6) is 1.41. The van der Waals surface area contributed by atoms with Crippen LogP contribution in [0.25, 0.3) is 11.5 Å². The van der Waals surface area contributed by atoms with Gasteiger partial charge >= 0.3 is 6.09 Å². The van der Waals surface area contributed by atoms with Gasteiger partial charge in [-0.1, -0.05) is 55.5 Å². The standard InChI is InChI=1S/C36H40N2O7/c1-5-17-42-33(35(40)38-29(22-44-36(38)41)21-26-12-8-6-9-13-26)31(39)28-19-23(2)32(24(3)20-28)43-18-16-30-25(4)45-34(37-30)27-14-10-7-11-15-27/h6-15,19-20,29,31,33,39H,5,16-18,21-22H2,1-4H3/t29?,31-,33+/m1/s1. The van der Waals surface area contributed by atoms with E-state index in [1.165, 1.54) is 0 Å². The zero-order valence-electron chi connectivity index (χ0n) is 26.2. The molecule has 236 valence electrons. The molecular formula is C36H40N2O7. The molecule has 4 aromatic rings. The van der Waals surface area contributed by atoms with E-state index in [9.17, 15) is 14.7 Å². The molecule has 0 bridgehead atoms. The highest BCUT2D eigenvalue weighted by Crippen LogP contribution is 2.32. The van der Waals surface area contributed by atoms with Crippen molar-refractivity contribution in [3.05, 3.63) is 107 Å². The van der Waals surface area contributed by atoms with Crippen molar-refractivity contribution in [3.8, 4) is 17.2 Å². The number of aryl methyl sites for hydroxylation is 3. The number of carbonyl (C=O) groups excluding carboxylic acids is 2. The lowest BCUT2D eigenvalue weighted by Gasteiger charge is -2.28. The van der Waals surface area contributed by atoms with Crippen molar-refractivity contribution in [3.63, 3.8) is 0 Å². The summed E-state index contributed by atoms with van der Waals surface area (Å²) in [5.41, 5.74) is 4.82. The largest absolute Gasteiger partial charge is 0.493 e. The number of rotatable bonds is 13. The van der Waals surface area contributed by atoms with Crippen LogP contribution in [0.5, 0.6) is 5.75 Å². The maximum absolute atomic E-state index is 13.8. The van der Waals surface area contributed by atoms with Crippen LogP contribution in [0.15, 0.2) is 77.2 Å². The van der Waals surface area contributed by atoms with Crippen LogP contribution in [0, 0.1) is 20.8 Å². The molecule has 9 nitrogen and oxygen atoms in total. The number of benzene rings is 3. The van der Waals surface area contributed by atoms with E-state index in [0.29, 0.717) is 43.1 Å². The summed E-state index contributed by atoms with van der Waals surface area (Å²) in [6.07, 6.45) is -1.68. The fourth-order valence-electron chi connectivity index (χ4n) is 5.62. The van der Waals surface area contributed by atoms with Gasteiger partial charge in [-0.05, 0) is 80.1 Å². The van der Waals surface area contributed by atoms with Gasteiger partial charge in [0.2, 0.25) is 5.89 Å². The third kappa shape index (κ3) is 7.44. The minimum Gasteiger partial charge on any atom is -0.493 e. The maximum atomic E-state index is 13.8. The monoisotopic (exact) mass is 612 g/mol. The van der Waals surface area contributed by atoms with Crippen molar-refractivity contribution in [2.24, 2.45) is 0 Å². The molecule has 45 heavy (non-hydrogen) atoms. The lowest BCUT2D eigenvalue weighted by Crippen LogP contribution is -2.48. The fourth-order valence-corrected chi connectivity index (χ4v) is 5.62. The summed E-state index contributed by atoms with van der Waals surface area (Å²) in [4.78, 5) is 32.3. The van der Waals surface area contributed by atoms with Gasteiger partial charge in [-0.2, -0.15) is 0 Å². The SMILES string of the molecule is CCCO[C@H](C(=O)N1C(=O)OCC1Cc1ccccc1)[C@H](O)c1cc(C)c(OCCc2nc(-c3ccccc3)oc2C)c(C)c1. The van der Waals surface area contributed by atoms with Crippen LogP contribution >= 0.6 is 0 Å². The Balaban J connectivity index is 1.29. The molecule has 1 aromatic heterocycles. The minimum absolute atomic E-state index is 0.0851. The Hall–Kier alpha value is -4.47. The molecule has 0 aliphatic carbocycles. The Kier molecular flexibility index (Phi) is 10.3. The zero-order valence-corrected chi connectivity index (χ0v) is 26.2. The van der Waals surface area contributed by atoms with Gasteiger partial charge in [0.1, 0.15) is 24.2 Å². The molecule has 1 saturated heterocycles. The van der Waals surface area contributed by atoms with Crippen molar-refractivity contribution >= 4 is 12.0 Å². The molecule has 0 spiro atoms. The van der Waals surface area contributed by atoms with Gasteiger partial charge in [-0.15, -0.1) is 0 Å². The molecule has 1 unspecified atom stereocenters. The molecule has 1 fully saturated rings. The average molecular weight is 613 g/mol. The third-order valence-electron chi connectivity index (χ3n) is 7.87. The Morgan fingerprint density at radius 2 is 1.69 bits per heavy atom. The molecule has 5 rings (SSSR count). The van der Waals surface area contributed by atoms with E-state index in [0.717, 1.165) is 38.6 Å². The van der Waals surface area contributed by atoms with Crippen LogP contribution in [-0.4, -0.2) is 59.0 Å². The van der Waals surface area contributed by atoms with E-state index in [1.54, 1.807) is 12.1 Å². The van der Waals surface area contributed by atoms with Gasteiger partial charge in [-0.25, -0.2) is 14.7 Å². The van der Waals surface area contributed by atoms with E-state index in [4.69, 9.17) is 18.6 Å². The number of nitrogens with zero attached hydrogens (tertiary/aromatic N) is 2. The lowest BCUT2D eigenvalue weighted by atomic mass is 9.97. The molecule has 1 aliphatic heterocycles. The number of aromatic nitrogens is 1. The number of aliphatic hydroxyl groups is 1. The predicted octanol–water partition coefficient (Wildman–Crippen LogP) is 6.31. The third-order valence-corrected chi connectivity index (χ3v) is 7.87. The van der Waals surface area contributed by atoms with Gasteiger partial charge < -0.3 is 23.7 Å². The number of aliphatic hydroxyl groups excluding tert-OH is 1. The first-order valence-electron chi connectivity index (χ1n) is 15.4. The Morgan fingerprint density at radius 1 is 1.02 bits per heavy atom. The zero-order chi connectivity index (χ0) is 31.9. The Morgan fingerprint density at radius 3 is 2.36 bits per heavy atom. The summed E-state index contributed by atoms with van der Waals surface area (Å²) in [6.45, 7) is 8.31. The molecule has 0 radical (unpaired) electrons. The van der Waals surface area contributed by atoms with E-state index in [-0.39, 0.29) is 13.2 Å². The summed E-state index contributed by atoms with van der Waals surface area (Å²) in [5, 5.41) is 11.5. The number of cyclic esters (lactones) is 1. The van der Waals surface area contributed by atoms with Crippen molar-refractivity contribution in [1.29, 1.82) is 0 Å². The molecule has 2 amide bonds. The molecule has 3 atom stereocenters. The number of carbonyl (C=O) groups is 2. The van der Waals surface area contributed by atoms with E-state index in [2.05, 4.69) is 4.98 Å². The van der Waals surface area contributed by atoms with Crippen molar-refractivity contribution in [1.82, 2.24) is 9.88 Å². The second-order valence-electron chi connectivity index (χ2n) is 11.3. The predicted molar refractivity (Wildman–Crippen MR) is 169 cm³/mol. The molecule has 9 heteroatoms. The molecule has 2 heterocycles.